The second-order valence-electron chi connectivity index (χ2n) is 9.00. The average Bonchev–Trinajstić information content (AvgIpc) is 3.60. The lowest BCUT2D eigenvalue weighted by Crippen LogP contribution is -2.53. The second-order valence-corrected chi connectivity index (χ2v) is 11.0. The molecular formula is C23H22F6N2O4S. The summed E-state index contributed by atoms with van der Waals surface area (Å²) in [5.74, 6) is -0.401. The third kappa shape index (κ3) is 4.96. The summed E-state index contributed by atoms with van der Waals surface area (Å²) in [6.45, 7) is 0.348. The van der Waals surface area contributed by atoms with Crippen LogP contribution >= 0.6 is 0 Å². The number of carbonyl (C=O) groups excluding carboxylic acids is 1. The van der Waals surface area contributed by atoms with Crippen molar-refractivity contribution in [3.05, 3.63) is 59.2 Å². The van der Waals surface area contributed by atoms with Crippen molar-refractivity contribution in [3.8, 4) is 0 Å². The van der Waals surface area contributed by atoms with E-state index in [-0.39, 0.29) is 22.3 Å². The molecule has 1 atom stereocenters. The van der Waals surface area contributed by atoms with Crippen LogP contribution in [0.1, 0.15) is 35.6 Å². The van der Waals surface area contributed by atoms with Gasteiger partial charge in [-0.2, -0.15) is 26.3 Å². The summed E-state index contributed by atoms with van der Waals surface area (Å²) in [5.41, 5.74) is -5.43. The zero-order valence-corrected chi connectivity index (χ0v) is 19.4. The number of rotatable bonds is 6. The van der Waals surface area contributed by atoms with Crippen molar-refractivity contribution in [3.63, 3.8) is 0 Å². The number of benzene rings is 2. The molecule has 0 bridgehead atoms. The maximum atomic E-state index is 13.1. The van der Waals surface area contributed by atoms with Crippen molar-refractivity contribution < 1.29 is 44.7 Å². The SMILES string of the molecule is O=C(Nc1ccc(C(O)(C(F)(F)F)C(F)(F)F)cc1)C1NCCc2cc(S(=O)(=O)CC3CC3)ccc21. The molecule has 2 aromatic rings. The summed E-state index contributed by atoms with van der Waals surface area (Å²) in [7, 11) is -3.46. The largest absolute Gasteiger partial charge is 0.430 e. The quantitative estimate of drug-likeness (QED) is 0.485. The van der Waals surface area contributed by atoms with Crippen LogP contribution < -0.4 is 10.6 Å². The van der Waals surface area contributed by atoms with E-state index >= 15 is 0 Å². The van der Waals surface area contributed by atoms with Crippen LogP contribution in [0.3, 0.4) is 0 Å². The number of anilines is 1. The zero-order chi connectivity index (χ0) is 26.5. The Balaban J connectivity index is 1.53. The highest BCUT2D eigenvalue weighted by Gasteiger charge is 2.71. The maximum Gasteiger partial charge on any atom is 0.430 e. The molecule has 0 saturated heterocycles. The predicted molar refractivity (Wildman–Crippen MR) is 117 cm³/mol. The molecule has 13 heteroatoms. The molecule has 1 amide bonds. The molecule has 0 spiro atoms. The summed E-state index contributed by atoms with van der Waals surface area (Å²) < 4.78 is 104. The van der Waals surface area contributed by atoms with Crippen LogP contribution in [-0.2, 0) is 26.7 Å². The number of hydrogen-bond acceptors (Lipinski definition) is 5. The van der Waals surface area contributed by atoms with Gasteiger partial charge in [0.2, 0.25) is 5.91 Å². The lowest BCUT2D eigenvalue weighted by Gasteiger charge is -2.32. The van der Waals surface area contributed by atoms with Crippen LogP contribution in [0, 0.1) is 5.92 Å². The Morgan fingerprint density at radius 2 is 1.61 bits per heavy atom. The van der Waals surface area contributed by atoms with E-state index in [1.54, 1.807) is 0 Å². The zero-order valence-electron chi connectivity index (χ0n) is 18.6. The second kappa shape index (κ2) is 9.03. The smallest absolute Gasteiger partial charge is 0.369 e. The molecule has 1 heterocycles. The van der Waals surface area contributed by atoms with Gasteiger partial charge in [-0.1, -0.05) is 18.2 Å². The summed E-state index contributed by atoms with van der Waals surface area (Å²) in [6, 6.07) is 6.11. The summed E-state index contributed by atoms with van der Waals surface area (Å²) in [4.78, 5) is 13.0. The van der Waals surface area contributed by atoms with Gasteiger partial charge in [0.15, 0.2) is 9.84 Å². The molecule has 1 saturated carbocycles. The van der Waals surface area contributed by atoms with Gasteiger partial charge in [-0.3, -0.25) is 4.79 Å². The third-order valence-corrected chi connectivity index (χ3v) is 8.21. The average molecular weight is 536 g/mol. The minimum Gasteiger partial charge on any atom is -0.369 e. The molecule has 6 nitrogen and oxygen atoms in total. The van der Waals surface area contributed by atoms with E-state index in [1.807, 2.05) is 0 Å². The van der Waals surface area contributed by atoms with Crippen molar-refractivity contribution in [2.45, 2.75) is 48.2 Å². The standard InChI is InChI=1S/C23H22F6N2O4S/c24-22(25,26)21(33,23(27,28)29)15-3-5-16(6-4-15)31-20(32)19-18-8-7-17(11-14(18)9-10-30-19)36(34,35)12-13-1-2-13/h3-8,11,13,19,30,33H,1-2,9-10,12H2,(H,31,32). The highest BCUT2D eigenvalue weighted by atomic mass is 32.2. The topological polar surface area (TPSA) is 95.5 Å². The Hall–Kier alpha value is -2.64. The fourth-order valence-electron chi connectivity index (χ4n) is 4.16. The molecule has 0 radical (unpaired) electrons. The normalized spacial score (nSPS) is 19.0. The molecule has 36 heavy (non-hydrogen) atoms. The van der Waals surface area contributed by atoms with Gasteiger partial charge in [-0.25, -0.2) is 8.42 Å². The van der Waals surface area contributed by atoms with E-state index in [2.05, 4.69) is 10.6 Å². The Labute approximate surface area is 202 Å². The molecule has 4 rings (SSSR count). The predicted octanol–water partition coefficient (Wildman–Crippen LogP) is 4.01. The van der Waals surface area contributed by atoms with Gasteiger partial charge in [0.25, 0.3) is 5.60 Å². The van der Waals surface area contributed by atoms with Gasteiger partial charge in [-0.15, -0.1) is 0 Å². The van der Waals surface area contributed by atoms with Crippen LogP contribution in [0.15, 0.2) is 47.4 Å². The van der Waals surface area contributed by atoms with E-state index < -0.39 is 45.3 Å². The number of sulfone groups is 1. The monoisotopic (exact) mass is 536 g/mol. The van der Waals surface area contributed by atoms with Crippen LogP contribution in [0.2, 0.25) is 0 Å². The van der Waals surface area contributed by atoms with E-state index in [0.29, 0.717) is 36.2 Å². The first-order chi connectivity index (χ1) is 16.6. The van der Waals surface area contributed by atoms with E-state index in [1.165, 1.54) is 18.2 Å². The molecule has 1 unspecified atom stereocenters. The summed E-state index contributed by atoms with van der Waals surface area (Å²) in [6.07, 6.45) is -9.81. The van der Waals surface area contributed by atoms with Gasteiger partial charge in [0.05, 0.1) is 10.6 Å². The molecule has 1 aliphatic carbocycles. The highest BCUT2D eigenvalue weighted by molar-refractivity contribution is 7.91. The lowest BCUT2D eigenvalue weighted by atomic mass is 9.92. The van der Waals surface area contributed by atoms with Gasteiger partial charge in [0.1, 0.15) is 6.04 Å². The van der Waals surface area contributed by atoms with Gasteiger partial charge in [0, 0.05) is 17.8 Å². The fourth-order valence-corrected chi connectivity index (χ4v) is 5.90. The van der Waals surface area contributed by atoms with Crippen LogP contribution in [0.25, 0.3) is 0 Å². The third-order valence-electron chi connectivity index (χ3n) is 6.33. The van der Waals surface area contributed by atoms with Crippen LogP contribution in [0.4, 0.5) is 32.0 Å². The molecule has 1 aliphatic heterocycles. The number of alkyl halides is 6. The molecule has 2 aliphatic rings. The van der Waals surface area contributed by atoms with Crippen LogP contribution in [0.5, 0.6) is 0 Å². The first kappa shape index (κ1) is 26.4. The summed E-state index contributed by atoms with van der Waals surface area (Å²) >= 11 is 0. The number of amides is 1. The number of fused-ring (bicyclic) bond motifs is 1. The number of halogens is 6. The van der Waals surface area contributed by atoms with Crippen molar-refractivity contribution in [2.24, 2.45) is 5.92 Å². The van der Waals surface area contributed by atoms with Crippen molar-refractivity contribution in [1.29, 1.82) is 0 Å². The maximum absolute atomic E-state index is 13.1. The summed E-state index contributed by atoms with van der Waals surface area (Å²) in [5, 5.41) is 14.9. The Bertz CT molecular complexity index is 1240. The fraction of sp³-hybridized carbons (Fsp3) is 0.435. The molecule has 0 aromatic heterocycles. The van der Waals surface area contributed by atoms with Crippen LogP contribution in [-0.4, -0.2) is 44.1 Å². The Kier molecular flexibility index (Phi) is 6.63. The van der Waals surface area contributed by atoms with Gasteiger partial charge in [-0.05, 0) is 60.6 Å². The number of nitrogens with one attached hydrogen (secondary N) is 2. The van der Waals surface area contributed by atoms with Gasteiger partial charge >= 0.3 is 12.4 Å². The van der Waals surface area contributed by atoms with E-state index in [4.69, 9.17) is 0 Å². The Morgan fingerprint density at radius 1 is 1.00 bits per heavy atom. The first-order valence-corrected chi connectivity index (χ1v) is 12.6. The molecular weight excluding hydrogens is 514 g/mol. The first-order valence-electron chi connectivity index (χ1n) is 11.0. The van der Waals surface area contributed by atoms with Gasteiger partial charge < -0.3 is 15.7 Å². The minimum absolute atomic E-state index is 0.0712. The van der Waals surface area contributed by atoms with Crippen molar-refractivity contribution in [2.75, 3.05) is 17.6 Å². The molecule has 3 N–H and O–H groups in total. The van der Waals surface area contributed by atoms with E-state index in [0.717, 1.165) is 25.0 Å². The molecule has 1 fully saturated rings. The number of aliphatic hydroxyl groups is 1. The molecule has 196 valence electrons. The molecule has 2 aromatic carbocycles. The lowest BCUT2D eigenvalue weighted by molar-refractivity contribution is -0.376. The highest BCUT2D eigenvalue weighted by Crippen LogP contribution is 2.50. The number of carbonyl (C=O) groups is 1. The van der Waals surface area contributed by atoms with Crippen molar-refractivity contribution in [1.82, 2.24) is 5.32 Å². The Morgan fingerprint density at radius 3 is 2.17 bits per heavy atom. The minimum atomic E-state index is -6.02. The number of hydrogen-bond donors (Lipinski definition) is 3. The van der Waals surface area contributed by atoms with E-state index in [9.17, 15) is 44.7 Å². The van der Waals surface area contributed by atoms with Crippen molar-refractivity contribution >= 4 is 21.4 Å².